The van der Waals surface area contributed by atoms with Crippen LogP contribution < -0.4 is 5.73 Å². The van der Waals surface area contributed by atoms with Crippen molar-refractivity contribution >= 4 is 22.8 Å². The van der Waals surface area contributed by atoms with Crippen LogP contribution >= 0.6 is 0 Å². The maximum Gasteiger partial charge on any atom is 0.307 e. The Morgan fingerprint density at radius 3 is 2.57 bits per heavy atom. The number of carboxylic acids is 1. The van der Waals surface area contributed by atoms with Crippen LogP contribution in [0.3, 0.4) is 0 Å². The first kappa shape index (κ1) is 14.6. The molecule has 0 unspecified atom stereocenters. The second kappa shape index (κ2) is 5.66. The Hall–Kier alpha value is -2.82. The van der Waals surface area contributed by atoms with E-state index >= 15 is 0 Å². The van der Waals surface area contributed by atoms with Gasteiger partial charge < -0.3 is 15.3 Å². The lowest BCUT2D eigenvalue weighted by Crippen LogP contribution is -1.99. The summed E-state index contributed by atoms with van der Waals surface area (Å²) in [6, 6.07) is 12.4. The number of rotatable bonds is 3. The van der Waals surface area contributed by atoms with Gasteiger partial charge >= 0.3 is 5.97 Å². The van der Waals surface area contributed by atoms with Crippen molar-refractivity contribution in [3.05, 3.63) is 48.0 Å². The number of anilines is 1. The van der Waals surface area contributed by atoms with Gasteiger partial charge in [-0.1, -0.05) is 13.5 Å². The normalized spacial score (nSPS) is 10.3. The summed E-state index contributed by atoms with van der Waals surface area (Å²) in [5.41, 5.74) is 9.12. The van der Waals surface area contributed by atoms with Crippen LogP contribution in [0.4, 0.5) is 5.69 Å². The van der Waals surface area contributed by atoms with E-state index in [2.05, 4.69) is 4.98 Å². The monoisotopic (exact) mass is 284 g/mol. The number of nitrogens with zero attached hydrogens (tertiary/aromatic N) is 1. The summed E-state index contributed by atoms with van der Waals surface area (Å²) in [5.74, 6) is -0.376. The lowest BCUT2D eigenvalue weighted by atomic mass is 10.1. The van der Waals surface area contributed by atoms with Gasteiger partial charge in [-0.05, 0) is 42.0 Å². The number of nitrogens with two attached hydrogens (primary N) is 1. The SMILES string of the molecule is C.Nc1ccc(-c2nc3cc(CC(=O)O)ccc3o2)cc1. The van der Waals surface area contributed by atoms with Gasteiger partial charge in [0.1, 0.15) is 5.52 Å². The van der Waals surface area contributed by atoms with Crippen molar-refractivity contribution < 1.29 is 14.3 Å². The molecular formula is C16H16N2O3. The maximum absolute atomic E-state index is 10.7. The van der Waals surface area contributed by atoms with Crippen LogP contribution in [0.5, 0.6) is 0 Å². The fourth-order valence-electron chi connectivity index (χ4n) is 2.01. The Bertz CT molecular complexity index is 776. The standard InChI is InChI=1S/C15H12N2O3.CH4/c16-11-4-2-10(3-5-11)15-17-12-7-9(8-14(18)19)1-6-13(12)20-15;/h1-7H,8,16H2,(H,18,19);1H4. The van der Waals surface area contributed by atoms with Gasteiger partial charge in [-0.2, -0.15) is 0 Å². The van der Waals surface area contributed by atoms with E-state index in [0.717, 1.165) is 5.56 Å². The highest BCUT2D eigenvalue weighted by atomic mass is 16.4. The highest BCUT2D eigenvalue weighted by molar-refractivity contribution is 5.79. The molecule has 2 aromatic carbocycles. The summed E-state index contributed by atoms with van der Waals surface area (Å²) in [6.45, 7) is 0. The molecule has 0 saturated carbocycles. The summed E-state index contributed by atoms with van der Waals surface area (Å²) >= 11 is 0. The number of benzene rings is 2. The number of carboxylic acid groups (broad SMARTS) is 1. The topological polar surface area (TPSA) is 89.3 Å². The van der Waals surface area contributed by atoms with E-state index < -0.39 is 5.97 Å². The van der Waals surface area contributed by atoms with Crippen molar-refractivity contribution in [2.75, 3.05) is 5.73 Å². The zero-order chi connectivity index (χ0) is 14.1. The molecule has 21 heavy (non-hydrogen) atoms. The number of carbonyl (C=O) groups is 1. The van der Waals surface area contributed by atoms with Crippen LogP contribution in [0.15, 0.2) is 46.9 Å². The molecule has 108 valence electrons. The van der Waals surface area contributed by atoms with E-state index in [4.69, 9.17) is 15.3 Å². The first-order valence-corrected chi connectivity index (χ1v) is 6.09. The van der Waals surface area contributed by atoms with Gasteiger partial charge in [0.25, 0.3) is 0 Å². The van der Waals surface area contributed by atoms with Crippen LogP contribution in [0.2, 0.25) is 0 Å². The number of fused-ring (bicyclic) bond motifs is 1. The first-order chi connectivity index (χ1) is 9.61. The van der Waals surface area contributed by atoms with Crippen molar-refractivity contribution in [3.8, 4) is 11.5 Å². The predicted octanol–water partition coefficient (Wildman–Crippen LogP) is 3.34. The van der Waals surface area contributed by atoms with Gasteiger partial charge in [0, 0.05) is 11.3 Å². The lowest BCUT2D eigenvalue weighted by molar-refractivity contribution is -0.136. The number of hydrogen-bond donors (Lipinski definition) is 2. The van der Waals surface area contributed by atoms with E-state index in [-0.39, 0.29) is 13.8 Å². The summed E-state index contributed by atoms with van der Waals surface area (Å²) in [6.07, 6.45) is -0.0278. The van der Waals surface area contributed by atoms with Crippen molar-refractivity contribution in [2.24, 2.45) is 0 Å². The van der Waals surface area contributed by atoms with E-state index in [1.165, 1.54) is 0 Å². The van der Waals surface area contributed by atoms with Gasteiger partial charge in [0.2, 0.25) is 5.89 Å². The molecular weight excluding hydrogens is 268 g/mol. The molecule has 0 aliphatic rings. The minimum atomic E-state index is -0.869. The minimum Gasteiger partial charge on any atom is -0.481 e. The molecule has 5 nitrogen and oxygen atoms in total. The Balaban J connectivity index is 0.00000161. The molecule has 3 N–H and O–H groups in total. The molecule has 1 heterocycles. The summed E-state index contributed by atoms with van der Waals surface area (Å²) in [7, 11) is 0. The van der Waals surface area contributed by atoms with Crippen LogP contribution in [-0.4, -0.2) is 16.1 Å². The Labute approximate surface area is 122 Å². The molecule has 5 heteroatoms. The fourth-order valence-corrected chi connectivity index (χ4v) is 2.01. The average molecular weight is 284 g/mol. The van der Waals surface area contributed by atoms with Gasteiger partial charge in [0.05, 0.1) is 6.42 Å². The van der Waals surface area contributed by atoms with E-state index in [9.17, 15) is 4.79 Å². The smallest absolute Gasteiger partial charge is 0.307 e. The molecule has 3 aromatic rings. The third-order valence-corrected chi connectivity index (χ3v) is 2.96. The molecule has 0 amide bonds. The number of aromatic nitrogens is 1. The molecule has 0 spiro atoms. The molecule has 0 fully saturated rings. The van der Waals surface area contributed by atoms with E-state index in [1.54, 1.807) is 30.3 Å². The van der Waals surface area contributed by atoms with Crippen LogP contribution in [-0.2, 0) is 11.2 Å². The minimum absolute atomic E-state index is 0. The predicted molar refractivity (Wildman–Crippen MR) is 81.9 cm³/mol. The summed E-state index contributed by atoms with van der Waals surface area (Å²) in [4.78, 5) is 15.1. The average Bonchev–Trinajstić information content (AvgIpc) is 2.81. The highest BCUT2D eigenvalue weighted by Gasteiger charge is 2.09. The van der Waals surface area contributed by atoms with Gasteiger partial charge in [0.15, 0.2) is 5.58 Å². The van der Waals surface area contributed by atoms with Gasteiger partial charge in [-0.15, -0.1) is 0 Å². The molecule has 3 rings (SSSR count). The number of oxazole rings is 1. The van der Waals surface area contributed by atoms with E-state index in [0.29, 0.717) is 28.2 Å². The second-order valence-electron chi connectivity index (χ2n) is 4.51. The lowest BCUT2D eigenvalue weighted by Gasteiger charge is -1.95. The third-order valence-electron chi connectivity index (χ3n) is 2.96. The number of aliphatic carboxylic acids is 1. The Kier molecular flexibility index (Phi) is 3.93. The fraction of sp³-hybridized carbons (Fsp3) is 0.125. The molecule has 0 saturated heterocycles. The largest absolute Gasteiger partial charge is 0.481 e. The molecule has 0 radical (unpaired) electrons. The zero-order valence-corrected chi connectivity index (χ0v) is 10.5. The highest BCUT2D eigenvalue weighted by Crippen LogP contribution is 2.25. The van der Waals surface area contributed by atoms with Crippen molar-refractivity contribution in [3.63, 3.8) is 0 Å². The molecule has 0 aliphatic heterocycles. The molecule has 0 bridgehead atoms. The maximum atomic E-state index is 10.7. The number of hydrogen-bond acceptors (Lipinski definition) is 4. The second-order valence-corrected chi connectivity index (χ2v) is 4.51. The zero-order valence-electron chi connectivity index (χ0n) is 10.5. The van der Waals surface area contributed by atoms with E-state index in [1.807, 2.05) is 12.1 Å². The Morgan fingerprint density at radius 1 is 1.19 bits per heavy atom. The van der Waals surface area contributed by atoms with Crippen molar-refractivity contribution in [1.82, 2.24) is 4.98 Å². The summed E-state index contributed by atoms with van der Waals surface area (Å²) in [5, 5.41) is 8.79. The van der Waals surface area contributed by atoms with Crippen LogP contribution in [0, 0.1) is 0 Å². The quantitative estimate of drug-likeness (QED) is 0.720. The third kappa shape index (κ3) is 3.02. The van der Waals surface area contributed by atoms with Gasteiger partial charge in [-0.3, -0.25) is 4.79 Å². The molecule has 0 atom stereocenters. The molecule has 1 aromatic heterocycles. The Morgan fingerprint density at radius 2 is 1.90 bits per heavy atom. The number of nitrogen functional groups attached to an aromatic ring is 1. The summed E-state index contributed by atoms with van der Waals surface area (Å²) < 4.78 is 5.65. The first-order valence-electron chi connectivity index (χ1n) is 6.09. The van der Waals surface area contributed by atoms with Gasteiger partial charge in [-0.25, -0.2) is 4.98 Å². The van der Waals surface area contributed by atoms with Crippen LogP contribution in [0.1, 0.15) is 13.0 Å². The van der Waals surface area contributed by atoms with Crippen molar-refractivity contribution in [1.29, 1.82) is 0 Å². The van der Waals surface area contributed by atoms with Crippen LogP contribution in [0.25, 0.3) is 22.6 Å². The molecule has 0 aliphatic carbocycles. The van der Waals surface area contributed by atoms with Crippen molar-refractivity contribution in [2.45, 2.75) is 13.8 Å².